The van der Waals surface area contributed by atoms with E-state index < -0.39 is 24.0 Å². The number of fused-ring (bicyclic) bond motifs is 1. The van der Waals surface area contributed by atoms with Crippen LogP contribution >= 0.6 is 24.0 Å². The lowest BCUT2D eigenvalue weighted by Crippen LogP contribution is -2.33. The van der Waals surface area contributed by atoms with Crippen molar-refractivity contribution in [3.05, 3.63) is 69.5 Å². The molecule has 0 radical (unpaired) electrons. The molecule has 1 fully saturated rings. The summed E-state index contributed by atoms with van der Waals surface area (Å²) in [6.45, 7) is -0.563. The van der Waals surface area contributed by atoms with Gasteiger partial charge < -0.3 is 14.6 Å². The molecule has 0 bridgehead atoms. The Kier molecular flexibility index (Phi) is 5.93. The van der Waals surface area contributed by atoms with E-state index in [1.807, 2.05) is 0 Å². The zero-order valence-corrected chi connectivity index (χ0v) is 18.2. The number of benzene rings is 1. The van der Waals surface area contributed by atoms with Crippen LogP contribution in [0.5, 0.6) is 17.4 Å². The molecule has 1 aromatic carbocycles. The fraction of sp³-hybridized carbons (Fsp3) is 0.0952. The lowest BCUT2D eigenvalue weighted by Gasteiger charge is -2.11. The Labute approximate surface area is 190 Å². The van der Waals surface area contributed by atoms with Crippen molar-refractivity contribution in [1.82, 2.24) is 14.3 Å². The number of thiocarbonyl (C=S) groups is 1. The number of carbonyl (C=O) groups is 2. The Morgan fingerprint density at radius 2 is 1.91 bits per heavy atom. The van der Waals surface area contributed by atoms with E-state index >= 15 is 0 Å². The molecule has 0 saturated carbocycles. The first-order chi connectivity index (χ1) is 15.4. The van der Waals surface area contributed by atoms with Crippen LogP contribution in [0, 0.1) is 0 Å². The van der Waals surface area contributed by atoms with Gasteiger partial charge >= 0.3 is 5.97 Å². The van der Waals surface area contributed by atoms with Gasteiger partial charge in [0.1, 0.15) is 33.6 Å². The minimum atomic E-state index is -1.20. The fourth-order valence-electron chi connectivity index (χ4n) is 2.94. The molecular formula is C21H15N3O6S2. The third kappa shape index (κ3) is 4.20. The number of pyridine rings is 1. The van der Waals surface area contributed by atoms with E-state index in [0.717, 1.165) is 16.7 Å². The summed E-state index contributed by atoms with van der Waals surface area (Å²) in [5.74, 6) is -0.763. The molecule has 1 aliphatic heterocycles. The number of amides is 1. The van der Waals surface area contributed by atoms with Gasteiger partial charge in [-0.3, -0.25) is 23.7 Å². The van der Waals surface area contributed by atoms with E-state index in [0.29, 0.717) is 17.1 Å². The number of methoxy groups -OCH3 is 1. The summed E-state index contributed by atoms with van der Waals surface area (Å²) in [6, 6.07) is 11.8. The van der Waals surface area contributed by atoms with Gasteiger partial charge in [0.15, 0.2) is 0 Å². The average molecular weight is 470 g/mol. The Balaban J connectivity index is 1.81. The minimum Gasteiger partial charge on any atom is -0.497 e. The Morgan fingerprint density at radius 3 is 2.59 bits per heavy atom. The van der Waals surface area contributed by atoms with Crippen LogP contribution < -0.4 is 15.0 Å². The molecule has 11 heteroatoms. The van der Waals surface area contributed by atoms with Gasteiger partial charge in [0.2, 0.25) is 5.88 Å². The van der Waals surface area contributed by atoms with Gasteiger partial charge in [-0.25, -0.2) is 0 Å². The van der Waals surface area contributed by atoms with Crippen LogP contribution in [0.1, 0.15) is 5.56 Å². The molecule has 3 aromatic rings. The van der Waals surface area contributed by atoms with Crippen molar-refractivity contribution in [1.29, 1.82) is 0 Å². The van der Waals surface area contributed by atoms with Gasteiger partial charge in [0.25, 0.3) is 11.5 Å². The second-order valence-corrected chi connectivity index (χ2v) is 8.18. The van der Waals surface area contributed by atoms with Crippen LogP contribution in [0.25, 0.3) is 11.7 Å². The predicted molar refractivity (Wildman–Crippen MR) is 122 cm³/mol. The van der Waals surface area contributed by atoms with Crippen molar-refractivity contribution < 1.29 is 24.2 Å². The highest BCUT2D eigenvalue weighted by atomic mass is 32.2. The molecule has 2 aromatic heterocycles. The van der Waals surface area contributed by atoms with Crippen molar-refractivity contribution in [3.63, 3.8) is 0 Å². The molecule has 0 atom stereocenters. The summed E-state index contributed by atoms with van der Waals surface area (Å²) in [6.07, 6.45) is 2.88. The molecule has 0 unspecified atom stereocenters. The largest absolute Gasteiger partial charge is 0.497 e. The van der Waals surface area contributed by atoms with Crippen molar-refractivity contribution in [3.8, 4) is 17.4 Å². The highest BCUT2D eigenvalue weighted by Gasteiger charge is 2.34. The van der Waals surface area contributed by atoms with Crippen LogP contribution in [0.15, 0.2) is 58.4 Å². The molecule has 3 heterocycles. The van der Waals surface area contributed by atoms with E-state index in [9.17, 15) is 14.4 Å². The number of thioether (sulfide) groups is 1. The fourth-order valence-corrected chi connectivity index (χ4v) is 4.18. The number of ether oxygens (including phenoxy) is 2. The van der Waals surface area contributed by atoms with Gasteiger partial charge in [-0.1, -0.05) is 30.0 Å². The zero-order valence-electron chi connectivity index (χ0n) is 16.5. The number of aromatic nitrogens is 2. The molecular weight excluding hydrogens is 454 g/mol. The number of aliphatic carboxylic acids is 1. The molecule has 1 amide bonds. The summed E-state index contributed by atoms with van der Waals surface area (Å²) in [4.78, 5) is 42.4. The number of rotatable bonds is 6. The SMILES string of the molecule is COc1ccc(Oc2nc3ccccn3c(=O)c2/C=C2\SC(=S)N(CC(=O)O)C2=O)cc1. The maximum absolute atomic E-state index is 13.2. The Bertz CT molecular complexity index is 1330. The van der Waals surface area contributed by atoms with E-state index in [1.165, 1.54) is 10.5 Å². The number of hydrogen-bond donors (Lipinski definition) is 1. The first-order valence-corrected chi connectivity index (χ1v) is 10.4. The summed E-state index contributed by atoms with van der Waals surface area (Å²) >= 11 is 6.03. The summed E-state index contributed by atoms with van der Waals surface area (Å²) < 4.78 is 12.4. The van der Waals surface area contributed by atoms with Gasteiger partial charge in [0, 0.05) is 6.20 Å². The standard InChI is InChI=1S/C21H15N3O6S2/c1-29-12-5-7-13(8-6-12)30-18-14(19(27)23-9-3-2-4-16(23)22-18)10-15-20(28)24(11-17(25)26)21(31)32-15/h2-10H,11H2,1H3,(H,25,26)/b15-10-. The van der Waals surface area contributed by atoms with Gasteiger partial charge in [-0.15, -0.1) is 0 Å². The van der Waals surface area contributed by atoms with E-state index in [1.54, 1.807) is 55.8 Å². The first-order valence-electron chi connectivity index (χ1n) is 9.18. The predicted octanol–water partition coefficient (Wildman–Crippen LogP) is 2.78. The maximum Gasteiger partial charge on any atom is 0.323 e. The zero-order chi connectivity index (χ0) is 22.8. The van der Waals surface area contributed by atoms with Gasteiger partial charge in [0.05, 0.1) is 12.0 Å². The molecule has 0 aliphatic carbocycles. The van der Waals surface area contributed by atoms with Gasteiger partial charge in [-0.05, 0) is 42.5 Å². The number of hydrogen-bond acceptors (Lipinski definition) is 8. The van der Waals surface area contributed by atoms with Crippen molar-refractivity contribution in [2.75, 3.05) is 13.7 Å². The highest BCUT2D eigenvalue weighted by molar-refractivity contribution is 8.26. The van der Waals surface area contributed by atoms with Crippen molar-refractivity contribution in [2.45, 2.75) is 0 Å². The van der Waals surface area contributed by atoms with E-state index in [2.05, 4.69) is 4.98 Å². The number of nitrogens with zero attached hydrogens (tertiary/aromatic N) is 3. The molecule has 0 spiro atoms. The molecule has 4 rings (SSSR count). The smallest absolute Gasteiger partial charge is 0.323 e. The quantitative estimate of drug-likeness (QED) is 0.430. The topological polar surface area (TPSA) is 110 Å². The molecule has 1 saturated heterocycles. The second kappa shape index (κ2) is 8.81. The summed E-state index contributed by atoms with van der Waals surface area (Å²) in [7, 11) is 1.54. The Morgan fingerprint density at radius 1 is 1.19 bits per heavy atom. The average Bonchev–Trinajstić information content (AvgIpc) is 3.04. The number of carboxylic acids is 1. The summed E-state index contributed by atoms with van der Waals surface area (Å²) in [5, 5.41) is 9.02. The van der Waals surface area contributed by atoms with Crippen LogP contribution in [-0.2, 0) is 9.59 Å². The van der Waals surface area contributed by atoms with Crippen molar-refractivity contribution >= 4 is 51.9 Å². The molecule has 1 aliphatic rings. The monoisotopic (exact) mass is 469 g/mol. The van der Waals surface area contributed by atoms with Crippen molar-refractivity contribution in [2.24, 2.45) is 0 Å². The molecule has 162 valence electrons. The second-order valence-electron chi connectivity index (χ2n) is 6.50. The van der Waals surface area contributed by atoms with Crippen LogP contribution in [0.2, 0.25) is 0 Å². The van der Waals surface area contributed by atoms with E-state index in [4.69, 9.17) is 26.8 Å². The molecule has 1 N–H and O–H groups in total. The van der Waals surface area contributed by atoms with E-state index in [-0.39, 0.29) is 20.7 Å². The maximum atomic E-state index is 13.2. The minimum absolute atomic E-state index is 0.00475. The lowest BCUT2D eigenvalue weighted by molar-refractivity contribution is -0.140. The van der Waals surface area contributed by atoms with Gasteiger partial charge in [-0.2, -0.15) is 4.98 Å². The normalized spacial score (nSPS) is 14.9. The third-order valence-electron chi connectivity index (χ3n) is 4.45. The van der Waals surface area contributed by atoms with Crippen LogP contribution in [0.3, 0.4) is 0 Å². The number of carbonyl (C=O) groups excluding carboxylic acids is 1. The molecule has 9 nitrogen and oxygen atoms in total. The highest BCUT2D eigenvalue weighted by Crippen LogP contribution is 2.34. The third-order valence-corrected chi connectivity index (χ3v) is 5.83. The van der Waals surface area contributed by atoms with Crippen LogP contribution in [-0.4, -0.2) is 49.2 Å². The van der Waals surface area contributed by atoms with Crippen LogP contribution in [0.4, 0.5) is 0 Å². The summed E-state index contributed by atoms with van der Waals surface area (Å²) in [5.41, 5.74) is -0.0699. The Hall–Kier alpha value is -3.70. The molecule has 32 heavy (non-hydrogen) atoms. The first kappa shape index (κ1) is 21.5. The number of carboxylic acid groups (broad SMARTS) is 1. The lowest BCUT2D eigenvalue weighted by atomic mass is 10.2.